The van der Waals surface area contributed by atoms with Crippen molar-refractivity contribution in [2.24, 2.45) is 11.3 Å². The van der Waals surface area contributed by atoms with Crippen LogP contribution in [0.1, 0.15) is 54.4 Å². The Hall–Kier alpha value is -0.570. The standard InChI is InChI=1S/C13H26O3/c1-10(2)9-13(6,12(3,4)5)16-11(15)7-8-14/h10,14H,7-9H2,1-6H3. The molecule has 0 spiro atoms. The first-order valence-electron chi connectivity index (χ1n) is 5.95. The van der Waals surface area contributed by atoms with E-state index >= 15 is 0 Å². The van der Waals surface area contributed by atoms with E-state index in [2.05, 4.69) is 34.6 Å². The third-order valence-electron chi connectivity index (χ3n) is 3.04. The second-order valence-electron chi connectivity index (χ2n) is 6.03. The molecule has 0 aliphatic rings. The summed E-state index contributed by atoms with van der Waals surface area (Å²) < 4.78 is 5.55. The van der Waals surface area contributed by atoms with E-state index in [4.69, 9.17) is 9.84 Å². The van der Waals surface area contributed by atoms with Gasteiger partial charge in [-0.3, -0.25) is 4.79 Å². The van der Waals surface area contributed by atoms with E-state index < -0.39 is 5.60 Å². The van der Waals surface area contributed by atoms with Crippen molar-refractivity contribution in [3.05, 3.63) is 0 Å². The molecule has 0 saturated carbocycles. The maximum Gasteiger partial charge on any atom is 0.308 e. The summed E-state index contributed by atoms with van der Waals surface area (Å²) in [6.07, 6.45) is 0.900. The molecule has 96 valence electrons. The Morgan fingerprint density at radius 2 is 1.75 bits per heavy atom. The number of carbonyl (C=O) groups excluding carboxylic acids is 1. The third kappa shape index (κ3) is 4.52. The van der Waals surface area contributed by atoms with E-state index in [1.807, 2.05) is 6.92 Å². The highest BCUT2D eigenvalue weighted by Gasteiger charge is 2.41. The van der Waals surface area contributed by atoms with Crippen molar-refractivity contribution >= 4 is 5.97 Å². The lowest BCUT2D eigenvalue weighted by Crippen LogP contribution is -2.45. The molecule has 0 bridgehead atoms. The molecule has 0 amide bonds. The Bertz CT molecular complexity index is 228. The molecule has 0 saturated heterocycles. The average molecular weight is 230 g/mol. The minimum atomic E-state index is -0.479. The van der Waals surface area contributed by atoms with Crippen LogP contribution in [0.15, 0.2) is 0 Å². The molecule has 0 aromatic rings. The van der Waals surface area contributed by atoms with Crippen LogP contribution in [0, 0.1) is 11.3 Å². The molecule has 0 radical (unpaired) electrons. The zero-order valence-corrected chi connectivity index (χ0v) is 11.5. The summed E-state index contributed by atoms with van der Waals surface area (Å²) in [6.45, 7) is 12.3. The van der Waals surface area contributed by atoms with Crippen LogP contribution in [-0.2, 0) is 9.53 Å². The first-order valence-corrected chi connectivity index (χ1v) is 5.95. The van der Waals surface area contributed by atoms with Gasteiger partial charge in [-0.25, -0.2) is 0 Å². The zero-order valence-electron chi connectivity index (χ0n) is 11.5. The van der Waals surface area contributed by atoms with Gasteiger partial charge in [0.15, 0.2) is 0 Å². The first kappa shape index (κ1) is 15.4. The van der Waals surface area contributed by atoms with Crippen molar-refractivity contribution in [3.63, 3.8) is 0 Å². The second-order valence-corrected chi connectivity index (χ2v) is 6.03. The summed E-state index contributed by atoms with van der Waals surface area (Å²) in [5.41, 5.74) is -0.587. The molecular formula is C13H26O3. The lowest BCUT2D eigenvalue weighted by molar-refractivity contribution is -0.173. The summed E-state index contributed by atoms with van der Waals surface area (Å²) in [7, 11) is 0. The highest BCUT2D eigenvalue weighted by Crippen LogP contribution is 2.38. The number of hydrogen-bond donors (Lipinski definition) is 1. The van der Waals surface area contributed by atoms with E-state index in [0.29, 0.717) is 5.92 Å². The maximum atomic E-state index is 11.5. The lowest BCUT2D eigenvalue weighted by atomic mass is 9.73. The fourth-order valence-corrected chi connectivity index (χ4v) is 1.67. The van der Waals surface area contributed by atoms with Crippen LogP contribution >= 0.6 is 0 Å². The van der Waals surface area contributed by atoms with Gasteiger partial charge in [0.25, 0.3) is 0 Å². The Labute approximate surface area is 99.2 Å². The van der Waals surface area contributed by atoms with Gasteiger partial charge in [0.05, 0.1) is 13.0 Å². The summed E-state index contributed by atoms with van der Waals surface area (Å²) in [5.74, 6) is 0.145. The zero-order chi connectivity index (χ0) is 13.0. The minimum absolute atomic E-state index is 0.0732. The summed E-state index contributed by atoms with van der Waals surface area (Å²) >= 11 is 0. The van der Waals surface area contributed by atoms with Crippen LogP contribution in [0.3, 0.4) is 0 Å². The van der Waals surface area contributed by atoms with Crippen LogP contribution in [0.4, 0.5) is 0 Å². The van der Waals surface area contributed by atoms with E-state index in [1.165, 1.54) is 0 Å². The van der Waals surface area contributed by atoms with Crippen LogP contribution in [0.25, 0.3) is 0 Å². The van der Waals surface area contributed by atoms with E-state index in [0.717, 1.165) is 6.42 Å². The SMILES string of the molecule is CC(C)CC(C)(OC(=O)CCO)C(C)(C)C. The van der Waals surface area contributed by atoms with E-state index in [9.17, 15) is 4.79 Å². The predicted octanol–water partition coefficient (Wildman–Crippen LogP) is 2.76. The van der Waals surface area contributed by atoms with Crippen molar-refractivity contribution < 1.29 is 14.6 Å². The summed E-state index contributed by atoms with van der Waals surface area (Å²) in [6, 6.07) is 0. The average Bonchev–Trinajstić information content (AvgIpc) is 1.99. The Morgan fingerprint density at radius 3 is 2.06 bits per heavy atom. The van der Waals surface area contributed by atoms with Crippen molar-refractivity contribution in [1.29, 1.82) is 0 Å². The van der Waals surface area contributed by atoms with E-state index in [1.54, 1.807) is 0 Å². The molecule has 16 heavy (non-hydrogen) atoms. The van der Waals surface area contributed by atoms with Crippen molar-refractivity contribution in [1.82, 2.24) is 0 Å². The number of hydrogen-bond acceptors (Lipinski definition) is 3. The van der Waals surface area contributed by atoms with E-state index in [-0.39, 0.29) is 24.4 Å². The number of aliphatic hydroxyl groups excluding tert-OH is 1. The monoisotopic (exact) mass is 230 g/mol. The Kier molecular flexibility index (Phi) is 5.47. The molecule has 0 aromatic carbocycles. The van der Waals surface area contributed by atoms with Gasteiger partial charge >= 0.3 is 5.97 Å². The van der Waals surface area contributed by atoms with Gasteiger partial charge in [0.2, 0.25) is 0 Å². The lowest BCUT2D eigenvalue weighted by Gasteiger charge is -2.42. The molecule has 3 nitrogen and oxygen atoms in total. The molecule has 1 N–H and O–H groups in total. The highest BCUT2D eigenvalue weighted by atomic mass is 16.6. The number of ether oxygens (including phenoxy) is 1. The number of esters is 1. The van der Waals surface area contributed by atoms with Crippen LogP contribution in [0.2, 0.25) is 0 Å². The van der Waals surface area contributed by atoms with Gasteiger partial charge in [0, 0.05) is 5.41 Å². The normalized spacial score (nSPS) is 16.0. The van der Waals surface area contributed by atoms with Crippen LogP contribution < -0.4 is 0 Å². The van der Waals surface area contributed by atoms with Gasteiger partial charge in [-0.05, 0) is 19.3 Å². The van der Waals surface area contributed by atoms with Crippen molar-refractivity contribution in [3.8, 4) is 0 Å². The van der Waals surface area contributed by atoms with Crippen LogP contribution in [-0.4, -0.2) is 23.3 Å². The van der Waals surface area contributed by atoms with Gasteiger partial charge in [0.1, 0.15) is 5.60 Å². The largest absolute Gasteiger partial charge is 0.459 e. The minimum Gasteiger partial charge on any atom is -0.459 e. The van der Waals surface area contributed by atoms with Gasteiger partial charge < -0.3 is 9.84 Å². The topological polar surface area (TPSA) is 46.5 Å². The number of rotatable bonds is 5. The fraction of sp³-hybridized carbons (Fsp3) is 0.923. The van der Waals surface area contributed by atoms with Gasteiger partial charge in [-0.1, -0.05) is 34.6 Å². The molecule has 0 aliphatic carbocycles. The molecule has 0 heterocycles. The summed E-state index contributed by atoms with van der Waals surface area (Å²) in [5, 5.41) is 8.72. The molecule has 1 unspecified atom stereocenters. The Morgan fingerprint density at radius 1 is 1.25 bits per heavy atom. The third-order valence-corrected chi connectivity index (χ3v) is 3.04. The molecule has 0 rings (SSSR count). The second kappa shape index (κ2) is 5.67. The number of carbonyl (C=O) groups is 1. The quantitative estimate of drug-likeness (QED) is 0.739. The van der Waals surface area contributed by atoms with Crippen molar-refractivity contribution in [2.45, 2.75) is 60.0 Å². The smallest absolute Gasteiger partial charge is 0.308 e. The molecular weight excluding hydrogens is 204 g/mol. The molecule has 1 atom stereocenters. The summed E-state index contributed by atoms with van der Waals surface area (Å²) in [4.78, 5) is 11.5. The fourth-order valence-electron chi connectivity index (χ4n) is 1.67. The predicted molar refractivity (Wildman–Crippen MR) is 65.1 cm³/mol. The Balaban J connectivity index is 4.74. The van der Waals surface area contributed by atoms with Crippen molar-refractivity contribution in [2.75, 3.05) is 6.61 Å². The highest BCUT2D eigenvalue weighted by molar-refractivity contribution is 5.70. The van der Waals surface area contributed by atoms with Crippen LogP contribution in [0.5, 0.6) is 0 Å². The molecule has 3 heteroatoms. The first-order chi connectivity index (χ1) is 7.12. The van der Waals surface area contributed by atoms with Gasteiger partial charge in [-0.2, -0.15) is 0 Å². The van der Waals surface area contributed by atoms with Gasteiger partial charge in [-0.15, -0.1) is 0 Å². The molecule has 0 fully saturated rings. The number of aliphatic hydroxyl groups is 1. The maximum absolute atomic E-state index is 11.5. The molecule has 0 aliphatic heterocycles. The molecule has 0 aromatic heterocycles.